The Morgan fingerprint density at radius 3 is 1.85 bits per heavy atom. The monoisotopic (exact) mass is 491 g/mol. The first-order chi connectivity index (χ1) is 15.5. The maximum atomic E-state index is 12.9. The second-order valence-electron chi connectivity index (χ2n) is 7.83. The normalized spacial score (nSPS) is 15.4. The molecule has 9 N–H and O–H groups in total. The van der Waals surface area contributed by atoms with E-state index in [-0.39, 0.29) is 24.5 Å². The van der Waals surface area contributed by atoms with Crippen LogP contribution >= 0.6 is 12.6 Å². The highest BCUT2D eigenvalue weighted by Gasteiger charge is 2.30. The summed E-state index contributed by atoms with van der Waals surface area (Å²) in [6.07, 6.45) is 1.21. The van der Waals surface area contributed by atoms with Crippen molar-refractivity contribution in [3.8, 4) is 0 Å². The Labute approximate surface area is 199 Å². The van der Waals surface area contributed by atoms with Gasteiger partial charge in [0.1, 0.15) is 18.1 Å². The number of aliphatic carboxylic acids is 2. The highest BCUT2D eigenvalue weighted by atomic mass is 32.1. The van der Waals surface area contributed by atoms with Gasteiger partial charge < -0.3 is 37.6 Å². The number of hydrogen-bond acceptors (Lipinski definition) is 8. The molecule has 3 amide bonds. The van der Waals surface area contributed by atoms with Crippen LogP contribution in [0.2, 0.25) is 0 Å². The number of rotatable bonds is 17. The fourth-order valence-electron chi connectivity index (χ4n) is 2.81. The molecule has 0 fully saturated rings. The van der Waals surface area contributed by atoms with E-state index in [2.05, 4.69) is 28.6 Å². The Morgan fingerprint density at radius 2 is 1.39 bits per heavy atom. The molecule has 0 aliphatic heterocycles. The van der Waals surface area contributed by atoms with Gasteiger partial charge >= 0.3 is 11.9 Å². The molecule has 0 aliphatic carbocycles. The lowest BCUT2D eigenvalue weighted by Gasteiger charge is -2.26. The third-order valence-corrected chi connectivity index (χ3v) is 5.58. The number of unbranched alkanes of at least 4 members (excludes halogenated alkanes) is 1. The van der Waals surface area contributed by atoms with Gasteiger partial charge in [-0.25, -0.2) is 4.79 Å². The number of nitrogens with one attached hydrogen (secondary N) is 3. The van der Waals surface area contributed by atoms with E-state index in [0.717, 1.165) is 0 Å². The van der Waals surface area contributed by atoms with Gasteiger partial charge in [-0.05, 0) is 38.1 Å². The zero-order valence-corrected chi connectivity index (χ0v) is 20.0. The summed E-state index contributed by atoms with van der Waals surface area (Å²) in [5.41, 5.74) is 11.4. The molecule has 12 nitrogen and oxygen atoms in total. The minimum Gasteiger partial charge on any atom is -0.481 e. The quantitative estimate of drug-likeness (QED) is 0.0906. The first kappa shape index (κ1) is 30.6. The summed E-state index contributed by atoms with van der Waals surface area (Å²) in [4.78, 5) is 60.2. The molecule has 0 radical (unpaired) electrons. The van der Waals surface area contributed by atoms with Crippen LogP contribution in [-0.2, 0) is 24.0 Å². The molecule has 0 bridgehead atoms. The number of amides is 3. The summed E-state index contributed by atoms with van der Waals surface area (Å²) < 4.78 is 0. The number of carboxylic acids is 2. The average molecular weight is 492 g/mol. The molecule has 33 heavy (non-hydrogen) atoms. The standard InChI is InChI=1S/C20H37N5O7S/c1-3-11(2)16(22)19(30)24-13(7-8-15(26)27)18(29)23-12(6-4-5-9-21)17(28)25-14(10-33)20(31)32/h11-14,16,33H,3-10,21-22H2,1-2H3,(H,23,29)(H,24,30)(H,25,28)(H,26,27)(H,31,32). The largest absolute Gasteiger partial charge is 0.481 e. The zero-order valence-electron chi connectivity index (χ0n) is 19.1. The van der Waals surface area contributed by atoms with Crippen LogP contribution in [0.5, 0.6) is 0 Å². The average Bonchev–Trinajstić information content (AvgIpc) is 2.77. The molecule has 0 aromatic heterocycles. The molecule has 0 rings (SSSR count). The van der Waals surface area contributed by atoms with Crippen LogP contribution in [-0.4, -0.2) is 76.3 Å². The van der Waals surface area contributed by atoms with Crippen molar-refractivity contribution in [2.75, 3.05) is 12.3 Å². The van der Waals surface area contributed by atoms with E-state index in [4.69, 9.17) is 21.7 Å². The van der Waals surface area contributed by atoms with Gasteiger partial charge in [-0.1, -0.05) is 20.3 Å². The maximum absolute atomic E-state index is 12.9. The molecule has 0 aromatic rings. The second-order valence-corrected chi connectivity index (χ2v) is 8.20. The Hall–Kier alpha value is -2.38. The summed E-state index contributed by atoms with van der Waals surface area (Å²) >= 11 is 3.90. The molecule has 5 unspecified atom stereocenters. The SMILES string of the molecule is CCC(C)C(N)C(=O)NC(CCC(=O)O)C(=O)NC(CCCCN)C(=O)NC(CS)C(=O)O. The molecule has 0 saturated heterocycles. The zero-order chi connectivity index (χ0) is 25.6. The summed E-state index contributed by atoms with van der Waals surface area (Å²) in [5, 5.41) is 25.4. The van der Waals surface area contributed by atoms with Crippen LogP contribution in [0, 0.1) is 5.92 Å². The van der Waals surface area contributed by atoms with E-state index in [1.165, 1.54) is 0 Å². The van der Waals surface area contributed by atoms with E-state index >= 15 is 0 Å². The van der Waals surface area contributed by atoms with Gasteiger partial charge in [0, 0.05) is 12.2 Å². The van der Waals surface area contributed by atoms with Crippen LogP contribution in [0.1, 0.15) is 52.4 Å². The lowest BCUT2D eigenvalue weighted by atomic mass is 9.98. The molecule has 0 aliphatic rings. The summed E-state index contributed by atoms with van der Waals surface area (Å²) in [6.45, 7) is 3.99. The van der Waals surface area contributed by atoms with E-state index in [1.807, 2.05) is 6.92 Å². The second kappa shape index (κ2) is 16.3. The van der Waals surface area contributed by atoms with Crippen LogP contribution in [0.15, 0.2) is 0 Å². The number of carbonyl (C=O) groups is 5. The predicted molar refractivity (Wildman–Crippen MR) is 124 cm³/mol. The van der Waals surface area contributed by atoms with E-state index in [1.54, 1.807) is 6.92 Å². The fourth-order valence-corrected chi connectivity index (χ4v) is 3.06. The van der Waals surface area contributed by atoms with Crippen molar-refractivity contribution < 1.29 is 34.2 Å². The number of nitrogens with two attached hydrogens (primary N) is 2. The van der Waals surface area contributed by atoms with Crippen LogP contribution in [0.3, 0.4) is 0 Å². The lowest BCUT2D eigenvalue weighted by molar-refractivity contribution is -0.141. The Bertz CT molecular complexity index is 679. The topological polar surface area (TPSA) is 214 Å². The van der Waals surface area contributed by atoms with Crippen molar-refractivity contribution in [3.63, 3.8) is 0 Å². The van der Waals surface area contributed by atoms with E-state index in [0.29, 0.717) is 25.8 Å². The van der Waals surface area contributed by atoms with E-state index in [9.17, 15) is 24.0 Å². The first-order valence-electron chi connectivity index (χ1n) is 10.9. The number of carbonyl (C=O) groups excluding carboxylic acids is 3. The van der Waals surface area contributed by atoms with Crippen molar-refractivity contribution in [1.82, 2.24) is 16.0 Å². The third-order valence-electron chi connectivity index (χ3n) is 5.22. The van der Waals surface area contributed by atoms with Crippen molar-refractivity contribution in [3.05, 3.63) is 0 Å². The van der Waals surface area contributed by atoms with Crippen molar-refractivity contribution in [2.45, 2.75) is 76.5 Å². The number of carboxylic acid groups (broad SMARTS) is 2. The summed E-state index contributed by atoms with van der Waals surface area (Å²) in [5.74, 6) is -4.89. The molecule has 5 atom stereocenters. The van der Waals surface area contributed by atoms with Crippen molar-refractivity contribution in [1.29, 1.82) is 0 Å². The smallest absolute Gasteiger partial charge is 0.327 e. The van der Waals surface area contributed by atoms with Crippen LogP contribution < -0.4 is 27.4 Å². The Morgan fingerprint density at radius 1 is 0.879 bits per heavy atom. The highest BCUT2D eigenvalue weighted by Crippen LogP contribution is 2.08. The Balaban J connectivity index is 5.51. The predicted octanol–water partition coefficient (Wildman–Crippen LogP) is -1.18. The van der Waals surface area contributed by atoms with Gasteiger partial charge in [-0.2, -0.15) is 12.6 Å². The minimum absolute atomic E-state index is 0.157. The minimum atomic E-state index is -1.28. The van der Waals surface area contributed by atoms with Gasteiger partial charge in [-0.15, -0.1) is 0 Å². The van der Waals surface area contributed by atoms with Gasteiger partial charge in [-0.3, -0.25) is 19.2 Å². The number of thiol groups is 1. The molecule has 0 aromatic carbocycles. The van der Waals surface area contributed by atoms with Crippen LogP contribution in [0.4, 0.5) is 0 Å². The molecule has 0 heterocycles. The first-order valence-corrected chi connectivity index (χ1v) is 11.5. The van der Waals surface area contributed by atoms with Crippen molar-refractivity contribution in [2.24, 2.45) is 17.4 Å². The molecule has 0 spiro atoms. The molecule has 13 heteroatoms. The molecule has 190 valence electrons. The summed E-state index contributed by atoms with van der Waals surface area (Å²) in [7, 11) is 0. The van der Waals surface area contributed by atoms with Crippen LogP contribution in [0.25, 0.3) is 0 Å². The summed E-state index contributed by atoms with van der Waals surface area (Å²) in [6, 6.07) is -4.51. The molecular formula is C20H37N5O7S. The maximum Gasteiger partial charge on any atom is 0.327 e. The highest BCUT2D eigenvalue weighted by molar-refractivity contribution is 7.80. The van der Waals surface area contributed by atoms with E-state index < -0.39 is 60.2 Å². The molecular weight excluding hydrogens is 454 g/mol. The number of hydrogen-bond donors (Lipinski definition) is 8. The lowest BCUT2D eigenvalue weighted by Crippen LogP contribution is -2.57. The van der Waals surface area contributed by atoms with Gasteiger partial charge in [0.25, 0.3) is 0 Å². The Kier molecular flexibility index (Phi) is 15.1. The molecule has 0 saturated carbocycles. The van der Waals surface area contributed by atoms with Gasteiger partial charge in [0.05, 0.1) is 6.04 Å². The van der Waals surface area contributed by atoms with Gasteiger partial charge in [0.2, 0.25) is 17.7 Å². The third kappa shape index (κ3) is 11.9. The van der Waals surface area contributed by atoms with Crippen molar-refractivity contribution >= 4 is 42.3 Å². The fraction of sp³-hybridized carbons (Fsp3) is 0.750. The van der Waals surface area contributed by atoms with Gasteiger partial charge in [0.15, 0.2) is 0 Å².